The zero-order valence-corrected chi connectivity index (χ0v) is 13.3. The van der Waals surface area contributed by atoms with Crippen LogP contribution in [-0.2, 0) is 4.79 Å². The van der Waals surface area contributed by atoms with E-state index < -0.39 is 11.7 Å². The van der Waals surface area contributed by atoms with Gasteiger partial charge in [-0.25, -0.2) is 4.39 Å². The summed E-state index contributed by atoms with van der Waals surface area (Å²) in [6.45, 7) is 7.35. The van der Waals surface area contributed by atoms with E-state index in [1.807, 2.05) is 19.1 Å². The number of nitrogens with one attached hydrogen (secondary N) is 1. The third-order valence-electron chi connectivity index (χ3n) is 3.40. The Morgan fingerprint density at radius 2 is 2.13 bits per heavy atom. The molecule has 0 unspecified atom stereocenters. The van der Waals surface area contributed by atoms with Gasteiger partial charge in [0.1, 0.15) is 5.82 Å². The molecule has 118 valence electrons. The molecule has 0 saturated carbocycles. The number of rotatable bonds is 5. The topological polar surface area (TPSA) is 42.0 Å². The summed E-state index contributed by atoms with van der Waals surface area (Å²) < 4.78 is 14.1. The molecule has 0 fully saturated rings. The fourth-order valence-corrected chi connectivity index (χ4v) is 2.10. The molecule has 23 heavy (non-hydrogen) atoms. The van der Waals surface area contributed by atoms with Crippen molar-refractivity contribution in [3.63, 3.8) is 0 Å². The third kappa shape index (κ3) is 4.13. The van der Waals surface area contributed by atoms with Crippen molar-refractivity contribution in [3.8, 4) is 11.1 Å². The van der Waals surface area contributed by atoms with Crippen LogP contribution in [0.2, 0.25) is 0 Å². The predicted octanol–water partition coefficient (Wildman–Crippen LogP) is 4.74. The van der Waals surface area contributed by atoms with Crippen LogP contribution in [0.5, 0.6) is 0 Å². The molecule has 0 saturated heterocycles. The third-order valence-corrected chi connectivity index (χ3v) is 3.40. The van der Waals surface area contributed by atoms with E-state index in [-0.39, 0.29) is 5.69 Å². The molecule has 0 aliphatic rings. The van der Waals surface area contributed by atoms with Gasteiger partial charge in [0.15, 0.2) is 0 Å². The van der Waals surface area contributed by atoms with Crippen LogP contribution < -0.4 is 5.32 Å². The molecular formula is C19H19FN2O. The minimum atomic E-state index is -0.496. The summed E-state index contributed by atoms with van der Waals surface area (Å²) in [5, 5.41) is 2.43. The summed E-state index contributed by atoms with van der Waals surface area (Å²) in [5.74, 6) is -0.940. The van der Waals surface area contributed by atoms with Crippen molar-refractivity contribution in [2.24, 2.45) is 0 Å². The maximum Gasteiger partial charge on any atom is 0.247 e. The van der Waals surface area contributed by atoms with Gasteiger partial charge in [0.25, 0.3) is 0 Å². The van der Waals surface area contributed by atoms with Gasteiger partial charge in [-0.3, -0.25) is 9.78 Å². The molecule has 1 amide bonds. The first-order valence-corrected chi connectivity index (χ1v) is 7.41. The Morgan fingerprint density at radius 3 is 2.78 bits per heavy atom. The number of benzene rings is 1. The number of carbonyl (C=O) groups is 1. The van der Waals surface area contributed by atoms with Gasteiger partial charge < -0.3 is 5.32 Å². The van der Waals surface area contributed by atoms with E-state index in [4.69, 9.17) is 0 Å². The maximum atomic E-state index is 14.1. The van der Waals surface area contributed by atoms with Crippen LogP contribution in [0.4, 0.5) is 10.1 Å². The Labute approximate surface area is 135 Å². The minimum absolute atomic E-state index is 0.129. The second-order valence-corrected chi connectivity index (χ2v) is 5.10. The zero-order chi connectivity index (χ0) is 16.8. The average Bonchev–Trinajstić information content (AvgIpc) is 2.55. The van der Waals surface area contributed by atoms with Crippen LogP contribution in [0, 0.1) is 12.7 Å². The van der Waals surface area contributed by atoms with Gasteiger partial charge in [0.2, 0.25) is 5.91 Å². The summed E-state index contributed by atoms with van der Waals surface area (Å²) in [5.41, 5.74) is 3.59. The van der Waals surface area contributed by atoms with Crippen LogP contribution in [0.1, 0.15) is 24.6 Å². The molecule has 3 nitrogen and oxygen atoms in total. The predicted molar refractivity (Wildman–Crippen MR) is 92.5 cm³/mol. The molecule has 1 N–H and O–H groups in total. The van der Waals surface area contributed by atoms with Crippen molar-refractivity contribution >= 4 is 17.7 Å². The highest BCUT2D eigenvalue weighted by Crippen LogP contribution is 2.25. The molecule has 2 rings (SSSR count). The number of aromatic nitrogens is 1. The van der Waals surface area contributed by atoms with Gasteiger partial charge in [-0.1, -0.05) is 31.7 Å². The molecule has 0 aliphatic heterocycles. The average molecular weight is 310 g/mol. The highest BCUT2D eigenvalue weighted by Gasteiger charge is 2.08. The highest BCUT2D eigenvalue weighted by atomic mass is 19.1. The number of amides is 1. The van der Waals surface area contributed by atoms with Crippen molar-refractivity contribution < 1.29 is 9.18 Å². The molecular weight excluding hydrogens is 291 g/mol. The normalized spacial score (nSPS) is 10.7. The smallest absolute Gasteiger partial charge is 0.247 e. The molecule has 0 radical (unpaired) electrons. The molecule has 0 spiro atoms. The summed E-state index contributed by atoms with van der Waals surface area (Å²) in [6, 6.07) is 6.65. The van der Waals surface area contributed by atoms with Crippen LogP contribution in [-0.4, -0.2) is 10.9 Å². The van der Waals surface area contributed by atoms with E-state index in [9.17, 15) is 9.18 Å². The number of hydrogen-bond donors (Lipinski definition) is 1. The summed E-state index contributed by atoms with van der Waals surface area (Å²) >= 11 is 0. The Bertz CT molecular complexity index is 766. The Kier molecular flexibility index (Phi) is 5.41. The number of halogens is 1. The van der Waals surface area contributed by atoms with E-state index in [1.54, 1.807) is 12.3 Å². The van der Waals surface area contributed by atoms with E-state index in [2.05, 4.69) is 29.9 Å². The lowest BCUT2D eigenvalue weighted by molar-refractivity contribution is -0.111. The standard InChI is InChI=1S/C19H19FN2O/c1-4-6-7-14-10-16(12-21-13(14)3)15-8-9-18(17(20)11-15)22-19(23)5-2/h5-12H,2,4H2,1,3H3,(H,22,23)/b7-6-. The van der Waals surface area contributed by atoms with Crippen LogP contribution >= 0.6 is 0 Å². The largest absolute Gasteiger partial charge is 0.320 e. The summed E-state index contributed by atoms with van der Waals surface area (Å²) in [7, 11) is 0. The van der Waals surface area contributed by atoms with Gasteiger partial charge in [-0.15, -0.1) is 0 Å². The van der Waals surface area contributed by atoms with Crippen molar-refractivity contribution in [1.82, 2.24) is 4.98 Å². The number of nitrogens with zero attached hydrogens (tertiary/aromatic N) is 1. The highest BCUT2D eigenvalue weighted by molar-refractivity contribution is 5.99. The fraction of sp³-hybridized carbons (Fsp3) is 0.158. The summed E-state index contributed by atoms with van der Waals surface area (Å²) in [6.07, 6.45) is 7.83. The Morgan fingerprint density at radius 1 is 1.35 bits per heavy atom. The van der Waals surface area contributed by atoms with Crippen LogP contribution in [0.15, 0.2) is 49.2 Å². The van der Waals surface area contributed by atoms with E-state index in [0.29, 0.717) is 5.56 Å². The van der Waals surface area contributed by atoms with E-state index in [1.165, 1.54) is 12.1 Å². The minimum Gasteiger partial charge on any atom is -0.320 e. The second-order valence-electron chi connectivity index (χ2n) is 5.10. The lowest BCUT2D eigenvalue weighted by atomic mass is 10.0. The molecule has 1 aromatic heterocycles. The van der Waals surface area contributed by atoms with E-state index >= 15 is 0 Å². The monoisotopic (exact) mass is 310 g/mol. The first kappa shape index (κ1) is 16.6. The van der Waals surface area contributed by atoms with E-state index in [0.717, 1.165) is 29.3 Å². The molecule has 2 aromatic rings. The Hall–Kier alpha value is -2.75. The van der Waals surface area contributed by atoms with Crippen LogP contribution in [0.25, 0.3) is 17.2 Å². The second kappa shape index (κ2) is 7.49. The zero-order valence-electron chi connectivity index (χ0n) is 13.3. The molecule has 0 bridgehead atoms. The van der Waals surface area contributed by atoms with Gasteiger partial charge in [0, 0.05) is 17.5 Å². The first-order chi connectivity index (χ1) is 11.0. The SMILES string of the molecule is C=CC(=O)Nc1ccc(-c2cnc(C)c(/C=C\CC)c2)cc1F. The van der Waals surface area contributed by atoms with Crippen molar-refractivity contribution in [2.75, 3.05) is 5.32 Å². The summed E-state index contributed by atoms with van der Waals surface area (Å²) in [4.78, 5) is 15.6. The van der Waals surface area contributed by atoms with Crippen LogP contribution in [0.3, 0.4) is 0 Å². The van der Waals surface area contributed by atoms with Gasteiger partial charge >= 0.3 is 0 Å². The molecule has 0 aliphatic carbocycles. The number of carbonyl (C=O) groups excluding carboxylic acids is 1. The van der Waals surface area contributed by atoms with Gasteiger partial charge in [-0.05, 0) is 48.7 Å². The van der Waals surface area contributed by atoms with Gasteiger partial charge in [0.05, 0.1) is 5.69 Å². The lowest BCUT2D eigenvalue weighted by Gasteiger charge is -2.08. The Balaban J connectivity index is 2.35. The number of hydrogen-bond acceptors (Lipinski definition) is 2. The number of aryl methyl sites for hydroxylation is 1. The molecule has 1 aromatic carbocycles. The lowest BCUT2D eigenvalue weighted by Crippen LogP contribution is -2.08. The van der Waals surface area contributed by atoms with Gasteiger partial charge in [-0.2, -0.15) is 0 Å². The maximum absolute atomic E-state index is 14.1. The fourth-order valence-electron chi connectivity index (χ4n) is 2.10. The molecule has 4 heteroatoms. The van der Waals surface area contributed by atoms with Crippen molar-refractivity contribution in [1.29, 1.82) is 0 Å². The quantitative estimate of drug-likeness (QED) is 0.810. The number of anilines is 1. The van der Waals surface area contributed by atoms with Crippen molar-refractivity contribution in [3.05, 3.63) is 66.3 Å². The molecule has 1 heterocycles. The molecule has 0 atom stereocenters. The number of pyridine rings is 1. The number of allylic oxidation sites excluding steroid dienone is 1. The first-order valence-electron chi connectivity index (χ1n) is 7.41. The van der Waals surface area contributed by atoms with Crippen molar-refractivity contribution in [2.45, 2.75) is 20.3 Å².